The molecule has 0 saturated carbocycles. The summed E-state index contributed by atoms with van der Waals surface area (Å²) in [6.07, 6.45) is 5.34. The number of nitrogens with two attached hydrogens (primary N) is 1. The number of nitriles is 1. The molecule has 0 aliphatic rings. The molecule has 1 rings (SSSR count). The van der Waals surface area contributed by atoms with Gasteiger partial charge in [-0.25, -0.2) is 9.97 Å². The maximum Gasteiger partial charge on any atom is 0.271 e. The molecule has 6 nitrogen and oxygen atoms in total. The van der Waals surface area contributed by atoms with Crippen LogP contribution in [0.2, 0.25) is 0 Å². The Labute approximate surface area is 119 Å². The second-order valence-electron chi connectivity index (χ2n) is 4.60. The fourth-order valence-electron chi connectivity index (χ4n) is 1.85. The average molecular weight is 275 g/mol. The van der Waals surface area contributed by atoms with Crippen LogP contribution in [-0.4, -0.2) is 29.0 Å². The molecule has 0 atom stereocenters. The zero-order valence-corrected chi connectivity index (χ0v) is 12.1. The molecule has 0 fully saturated rings. The van der Waals surface area contributed by atoms with E-state index in [4.69, 9.17) is 11.0 Å². The second-order valence-corrected chi connectivity index (χ2v) is 4.60. The second kappa shape index (κ2) is 8.10. The summed E-state index contributed by atoms with van der Waals surface area (Å²) in [4.78, 5) is 21.7. The average Bonchev–Trinajstić information content (AvgIpc) is 2.46. The van der Waals surface area contributed by atoms with Gasteiger partial charge in [-0.3, -0.25) is 4.79 Å². The van der Waals surface area contributed by atoms with Crippen LogP contribution in [0.3, 0.4) is 0 Å². The van der Waals surface area contributed by atoms with E-state index in [2.05, 4.69) is 23.8 Å². The van der Waals surface area contributed by atoms with E-state index in [-0.39, 0.29) is 11.4 Å². The maximum absolute atomic E-state index is 11.5. The van der Waals surface area contributed by atoms with Crippen LogP contribution in [0.4, 0.5) is 5.82 Å². The highest BCUT2D eigenvalue weighted by Crippen LogP contribution is 2.17. The van der Waals surface area contributed by atoms with Crippen molar-refractivity contribution in [3.8, 4) is 6.07 Å². The van der Waals surface area contributed by atoms with Crippen molar-refractivity contribution < 1.29 is 4.79 Å². The summed E-state index contributed by atoms with van der Waals surface area (Å²) in [7, 11) is 0. The minimum Gasteiger partial charge on any atom is -0.364 e. The number of amides is 1. The number of aromatic nitrogens is 2. The zero-order valence-electron chi connectivity index (χ0n) is 12.1. The summed E-state index contributed by atoms with van der Waals surface area (Å²) in [6, 6.07) is 1.95. The summed E-state index contributed by atoms with van der Waals surface area (Å²) in [6.45, 7) is 5.76. The van der Waals surface area contributed by atoms with Crippen molar-refractivity contribution in [1.82, 2.24) is 9.97 Å². The van der Waals surface area contributed by atoms with Crippen molar-refractivity contribution in [2.24, 2.45) is 5.73 Å². The van der Waals surface area contributed by atoms with Gasteiger partial charge < -0.3 is 10.6 Å². The van der Waals surface area contributed by atoms with Gasteiger partial charge in [0, 0.05) is 13.1 Å². The van der Waals surface area contributed by atoms with E-state index in [9.17, 15) is 4.79 Å². The van der Waals surface area contributed by atoms with Gasteiger partial charge in [0.1, 0.15) is 6.07 Å². The van der Waals surface area contributed by atoms with Crippen LogP contribution < -0.4 is 10.6 Å². The number of anilines is 1. The molecule has 6 heteroatoms. The Morgan fingerprint density at radius 3 is 2.40 bits per heavy atom. The Hall–Kier alpha value is -2.16. The summed E-state index contributed by atoms with van der Waals surface area (Å²) in [5.41, 5.74) is 5.68. The van der Waals surface area contributed by atoms with Gasteiger partial charge in [-0.15, -0.1) is 0 Å². The third-order valence-electron chi connectivity index (χ3n) is 2.96. The first kappa shape index (κ1) is 15.9. The van der Waals surface area contributed by atoms with E-state index in [1.165, 1.54) is 6.20 Å². The van der Waals surface area contributed by atoms with Crippen molar-refractivity contribution in [1.29, 1.82) is 5.26 Å². The molecule has 0 unspecified atom stereocenters. The largest absolute Gasteiger partial charge is 0.364 e. The lowest BCUT2D eigenvalue weighted by molar-refractivity contribution is 0.0995. The third kappa shape index (κ3) is 4.19. The van der Waals surface area contributed by atoms with Crippen molar-refractivity contribution in [2.45, 2.75) is 39.5 Å². The molecule has 0 spiro atoms. The molecular weight excluding hydrogens is 254 g/mol. The van der Waals surface area contributed by atoms with Crippen LogP contribution in [-0.2, 0) is 0 Å². The van der Waals surface area contributed by atoms with Crippen molar-refractivity contribution in [3.63, 3.8) is 0 Å². The maximum atomic E-state index is 11.5. The monoisotopic (exact) mass is 275 g/mol. The van der Waals surface area contributed by atoms with Gasteiger partial charge in [0.2, 0.25) is 0 Å². The first-order valence-corrected chi connectivity index (χ1v) is 6.95. The Morgan fingerprint density at radius 1 is 1.35 bits per heavy atom. The van der Waals surface area contributed by atoms with E-state index in [0.29, 0.717) is 5.82 Å². The first-order chi connectivity index (χ1) is 9.63. The molecule has 0 aliphatic heterocycles. The summed E-state index contributed by atoms with van der Waals surface area (Å²) in [5, 5.41) is 8.94. The van der Waals surface area contributed by atoms with Gasteiger partial charge in [-0.1, -0.05) is 26.7 Å². The molecule has 0 bridgehead atoms. The lowest BCUT2D eigenvalue weighted by atomic mass is 10.2. The van der Waals surface area contributed by atoms with Gasteiger partial charge >= 0.3 is 0 Å². The van der Waals surface area contributed by atoms with Crippen LogP contribution >= 0.6 is 0 Å². The molecule has 0 aromatic carbocycles. The molecule has 20 heavy (non-hydrogen) atoms. The zero-order chi connectivity index (χ0) is 15.0. The van der Waals surface area contributed by atoms with Gasteiger partial charge in [0.05, 0.1) is 6.20 Å². The molecule has 1 amide bonds. The summed E-state index contributed by atoms with van der Waals surface area (Å²) < 4.78 is 0. The molecule has 2 N–H and O–H groups in total. The van der Waals surface area contributed by atoms with Crippen LogP contribution in [0.15, 0.2) is 6.20 Å². The van der Waals surface area contributed by atoms with E-state index >= 15 is 0 Å². The van der Waals surface area contributed by atoms with Crippen LogP contribution in [0, 0.1) is 11.3 Å². The number of primary amides is 1. The number of rotatable bonds is 8. The standard InChI is InChI=1S/C14H21N5O/c1-3-5-7-19(8-6-4-2)14-12(13(16)20)17-10-11(9-15)18-14/h10H,3-8H2,1-2H3,(H2,16,20). The van der Waals surface area contributed by atoms with Crippen molar-refractivity contribution >= 4 is 11.7 Å². The van der Waals surface area contributed by atoms with Crippen LogP contribution in [0.5, 0.6) is 0 Å². The highest BCUT2D eigenvalue weighted by Gasteiger charge is 2.18. The Morgan fingerprint density at radius 2 is 1.95 bits per heavy atom. The van der Waals surface area contributed by atoms with E-state index in [0.717, 1.165) is 38.8 Å². The molecular formula is C14H21N5O. The minimum atomic E-state index is -0.616. The normalized spacial score (nSPS) is 10.1. The highest BCUT2D eigenvalue weighted by atomic mass is 16.1. The predicted molar refractivity (Wildman–Crippen MR) is 77.3 cm³/mol. The lowest BCUT2D eigenvalue weighted by Gasteiger charge is -2.24. The first-order valence-electron chi connectivity index (χ1n) is 6.95. The number of carbonyl (C=O) groups is 1. The number of hydrogen-bond acceptors (Lipinski definition) is 5. The number of carbonyl (C=O) groups excluding carboxylic acids is 1. The van der Waals surface area contributed by atoms with Crippen molar-refractivity contribution in [2.75, 3.05) is 18.0 Å². The SMILES string of the molecule is CCCCN(CCCC)c1nc(C#N)cnc1C(N)=O. The molecule has 1 aromatic heterocycles. The van der Waals surface area contributed by atoms with Crippen molar-refractivity contribution in [3.05, 3.63) is 17.6 Å². The Balaban J connectivity index is 3.13. The Kier molecular flexibility index (Phi) is 6.44. The lowest BCUT2D eigenvalue weighted by Crippen LogP contribution is -2.30. The molecule has 1 aromatic rings. The quantitative estimate of drug-likeness (QED) is 0.781. The van der Waals surface area contributed by atoms with Gasteiger partial charge in [0.25, 0.3) is 5.91 Å². The van der Waals surface area contributed by atoms with Crippen LogP contribution in [0.1, 0.15) is 55.7 Å². The van der Waals surface area contributed by atoms with Gasteiger partial charge in [-0.05, 0) is 12.8 Å². The summed E-state index contributed by atoms with van der Waals surface area (Å²) in [5.74, 6) is -0.187. The molecule has 0 saturated heterocycles. The predicted octanol–water partition coefficient (Wildman–Crippen LogP) is 1.85. The van der Waals surface area contributed by atoms with Gasteiger partial charge in [0.15, 0.2) is 17.2 Å². The fraction of sp³-hybridized carbons (Fsp3) is 0.571. The molecule has 108 valence electrons. The highest BCUT2D eigenvalue weighted by molar-refractivity contribution is 5.95. The van der Waals surface area contributed by atoms with E-state index < -0.39 is 5.91 Å². The molecule has 0 radical (unpaired) electrons. The van der Waals surface area contributed by atoms with Gasteiger partial charge in [-0.2, -0.15) is 5.26 Å². The van der Waals surface area contributed by atoms with E-state index in [1.54, 1.807) is 0 Å². The topological polar surface area (TPSA) is 95.9 Å². The Bertz CT molecular complexity index is 487. The smallest absolute Gasteiger partial charge is 0.271 e. The fourth-order valence-corrected chi connectivity index (χ4v) is 1.85. The molecule has 1 heterocycles. The third-order valence-corrected chi connectivity index (χ3v) is 2.96. The summed E-state index contributed by atoms with van der Waals surface area (Å²) >= 11 is 0. The number of nitrogens with zero attached hydrogens (tertiary/aromatic N) is 4. The minimum absolute atomic E-state index is 0.135. The van der Waals surface area contributed by atoms with E-state index in [1.807, 2.05) is 11.0 Å². The number of hydrogen-bond donors (Lipinski definition) is 1. The molecule has 0 aliphatic carbocycles. The number of unbranched alkanes of at least 4 members (excludes halogenated alkanes) is 2. The van der Waals surface area contributed by atoms with Crippen LogP contribution in [0.25, 0.3) is 0 Å².